The summed E-state index contributed by atoms with van der Waals surface area (Å²) in [6, 6.07) is 0. The van der Waals surface area contributed by atoms with Crippen LogP contribution in [0.1, 0.15) is 19.3 Å². The van der Waals surface area contributed by atoms with Crippen molar-refractivity contribution >= 4 is 11.6 Å². The van der Waals surface area contributed by atoms with E-state index >= 15 is 0 Å². The topological polar surface area (TPSA) is 12.5 Å². The van der Waals surface area contributed by atoms with E-state index in [4.69, 9.17) is 16.3 Å². The van der Waals surface area contributed by atoms with Crippen LogP contribution >= 0.6 is 11.6 Å². The van der Waals surface area contributed by atoms with Gasteiger partial charge in [-0.25, -0.2) is 0 Å². The molecule has 1 aliphatic rings. The second-order valence-corrected chi connectivity index (χ2v) is 4.02. The predicted octanol–water partition coefficient (Wildman–Crippen LogP) is 2.07. The molecule has 0 spiro atoms. The Labute approximate surface area is 90.4 Å². The summed E-state index contributed by atoms with van der Waals surface area (Å²) in [5.41, 5.74) is 0. The summed E-state index contributed by atoms with van der Waals surface area (Å²) in [7, 11) is 0. The summed E-state index contributed by atoms with van der Waals surface area (Å²) in [5.74, 6) is 0.571. The average Bonchev–Trinajstić information content (AvgIpc) is 2.25. The second-order valence-electron chi connectivity index (χ2n) is 3.64. The number of halogens is 2. The number of rotatable bonds is 6. The minimum absolute atomic E-state index is 0.206. The Morgan fingerprint density at radius 3 is 2.64 bits per heavy atom. The summed E-state index contributed by atoms with van der Waals surface area (Å²) in [6.45, 7) is 3.40. The Bertz CT molecular complexity index is 124. The van der Waals surface area contributed by atoms with Crippen molar-refractivity contribution in [3.8, 4) is 0 Å². The van der Waals surface area contributed by atoms with Crippen LogP contribution in [0.25, 0.3) is 0 Å². The molecule has 0 radical (unpaired) electrons. The first-order valence-corrected chi connectivity index (χ1v) is 5.86. The van der Waals surface area contributed by atoms with Crippen molar-refractivity contribution < 1.29 is 9.13 Å². The molecule has 14 heavy (non-hydrogen) atoms. The smallest absolute Gasteiger partial charge is 0.0906 e. The first-order chi connectivity index (χ1) is 6.86. The van der Waals surface area contributed by atoms with Crippen LogP contribution in [0.5, 0.6) is 0 Å². The van der Waals surface area contributed by atoms with E-state index in [0.717, 1.165) is 32.5 Å². The lowest BCUT2D eigenvalue weighted by molar-refractivity contribution is 0.0148. The molecule has 1 heterocycles. The molecule has 1 saturated heterocycles. The Hall–Kier alpha value is 0.140. The van der Waals surface area contributed by atoms with E-state index in [-0.39, 0.29) is 6.67 Å². The molecule has 0 aromatic carbocycles. The minimum Gasteiger partial charge on any atom is -0.377 e. The highest BCUT2D eigenvalue weighted by Gasteiger charge is 2.18. The molecule has 0 unspecified atom stereocenters. The molecule has 1 aliphatic heterocycles. The van der Waals surface area contributed by atoms with Gasteiger partial charge in [-0.3, -0.25) is 4.39 Å². The molecule has 1 fully saturated rings. The molecule has 0 bridgehead atoms. The van der Waals surface area contributed by atoms with Crippen molar-refractivity contribution in [3.63, 3.8) is 0 Å². The standard InChI is InChI=1S/C10H19ClFNO/c11-4-9-14-10-2-7-13(8-3-10)6-1-5-12/h10H,1-9H2. The average molecular weight is 224 g/mol. The molecule has 84 valence electrons. The number of piperidine rings is 1. The van der Waals surface area contributed by atoms with Crippen molar-refractivity contribution in [3.05, 3.63) is 0 Å². The summed E-state index contributed by atoms with van der Waals surface area (Å²) < 4.78 is 17.5. The molecule has 1 rings (SSSR count). The maximum Gasteiger partial charge on any atom is 0.0906 e. The highest BCUT2D eigenvalue weighted by atomic mass is 35.5. The van der Waals surface area contributed by atoms with Crippen LogP contribution < -0.4 is 0 Å². The second kappa shape index (κ2) is 7.43. The van der Waals surface area contributed by atoms with E-state index in [1.807, 2.05) is 0 Å². The third kappa shape index (κ3) is 4.58. The zero-order valence-corrected chi connectivity index (χ0v) is 9.31. The van der Waals surface area contributed by atoms with Gasteiger partial charge in [-0.05, 0) is 19.3 Å². The van der Waals surface area contributed by atoms with Gasteiger partial charge in [0, 0.05) is 25.5 Å². The molecule has 0 aromatic rings. The van der Waals surface area contributed by atoms with Crippen molar-refractivity contribution in [2.45, 2.75) is 25.4 Å². The molecule has 0 aliphatic carbocycles. The fourth-order valence-corrected chi connectivity index (χ4v) is 1.88. The Morgan fingerprint density at radius 2 is 2.07 bits per heavy atom. The third-order valence-electron chi connectivity index (χ3n) is 2.57. The maximum atomic E-state index is 11.9. The highest BCUT2D eigenvalue weighted by molar-refractivity contribution is 6.17. The molecule has 0 amide bonds. The van der Waals surface area contributed by atoms with Crippen molar-refractivity contribution in [1.29, 1.82) is 0 Å². The number of likely N-dealkylation sites (tertiary alicyclic amines) is 1. The van der Waals surface area contributed by atoms with Gasteiger partial charge in [-0.15, -0.1) is 11.6 Å². The molecule has 0 aromatic heterocycles. The van der Waals surface area contributed by atoms with E-state index in [1.165, 1.54) is 0 Å². The summed E-state index contributed by atoms with van der Waals surface area (Å²) in [5, 5.41) is 0. The molecule has 0 saturated carbocycles. The third-order valence-corrected chi connectivity index (χ3v) is 2.73. The van der Waals surface area contributed by atoms with Gasteiger partial charge in [0.25, 0.3) is 0 Å². The van der Waals surface area contributed by atoms with Gasteiger partial charge in [-0.2, -0.15) is 0 Å². The van der Waals surface area contributed by atoms with E-state index in [0.29, 0.717) is 25.0 Å². The van der Waals surface area contributed by atoms with Gasteiger partial charge in [-0.1, -0.05) is 0 Å². The van der Waals surface area contributed by atoms with Gasteiger partial charge in [0.05, 0.1) is 19.4 Å². The van der Waals surface area contributed by atoms with Crippen molar-refractivity contribution in [2.24, 2.45) is 0 Å². The lowest BCUT2D eigenvalue weighted by Gasteiger charge is -2.31. The molecule has 4 heteroatoms. The molecular weight excluding hydrogens is 205 g/mol. The van der Waals surface area contributed by atoms with Crippen LogP contribution in [-0.2, 0) is 4.74 Å². The van der Waals surface area contributed by atoms with Crippen LogP contribution in [0.3, 0.4) is 0 Å². The van der Waals surface area contributed by atoms with Crippen LogP contribution in [-0.4, -0.2) is 49.8 Å². The quantitative estimate of drug-likeness (QED) is 0.640. The maximum absolute atomic E-state index is 11.9. The van der Waals surface area contributed by atoms with Gasteiger partial charge in [0.1, 0.15) is 0 Å². The largest absolute Gasteiger partial charge is 0.377 e. The van der Waals surface area contributed by atoms with Gasteiger partial charge < -0.3 is 9.64 Å². The van der Waals surface area contributed by atoms with Crippen LogP contribution in [0.2, 0.25) is 0 Å². The van der Waals surface area contributed by atoms with E-state index < -0.39 is 0 Å². The number of nitrogens with zero attached hydrogens (tertiary/aromatic N) is 1. The normalized spacial score (nSPS) is 20.1. The van der Waals surface area contributed by atoms with Crippen LogP contribution in [0.4, 0.5) is 4.39 Å². The molecule has 2 nitrogen and oxygen atoms in total. The van der Waals surface area contributed by atoms with Crippen molar-refractivity contribution in [2.75, 3.05) is 38.8 Å². The molecular formula is C10H19ClFNO. The zero-order chi connectivity index (χ0) is 10.2. The Morgan fingerprint density at radius 1 is 1.36 bits per heavy atom. The zero-order valence-electron chi connectivity index (χ0n) is 8.55. The lowest BCUT2D eigenvalue weighted by atomic mass is 10.1. The monoisotopic (exact) mass is 223 g/mol. The number of hydrogen-bond donors (Lipinski definition) is 0. The van der Waals surface area contributed by atoms with E-state index in [2.05, 4.69) is 4.90 Å². The van der Waals surface area contributed by atoms with Crippen LogP contribution in [0, 0.1) is 0 Å². The summed E-state index contributed by atoms with van der Waals surface area (Å²) >= 11 is 5.54. The van der Waals surface area contributed by atoms with E-state index in [1.54, 1.807) is 0 Å². The number of alkyl halides is 2. The number of hydrogen-bond acceptors (Lipinski definition) is 2. The molecule has 0 atom stereocenters. The van der Waals surface area contributed by atoms with Gasteiger partial charge >= 0.3 is 0 Å². The van der Waals surface area contributed by atoms with E-state index in [9.17, 15) is 4.39 Å². The fourth-order valence-electron chi connectivity index (χ4n) is 1.79. The SMILES string of the molecule is FCCCN1CCC(OCCCl)CC1. The van der Waals surface area contributed by atoms with Crippen molar-refractivity contribution in [1.82, 2.24) is 4.90 Å². The summed E-state index contributed by atoms with van der Waals surface area (Å²) in [4.78, 5) is 2.31. The lowest BCUT2D eigenvalue weighted by Crippen LogP contribution is -2.37. The van der Waals surface area contributed by atoms with Gasteiger partial charge in [0.2, 0.25) is 0 Å². The van der Waals surface area contributed by atoms with Crippen LogP contribution in [0.15, 0.2) is 0 Å². The predicted molar refractivity (Wildman–Crippen MR) is 56.7 cm³/mol. The fraction of sp³-hybridized carbons (Fsp3) is 1.00. The highest BCUT2D eigenvalue weighted by Crippen LogP contribution is 2.13. The Kier molecular flexibility index (Phi) is 6.48. The number of ether oxygens (including phenoxy) is 1. The first kappa shape index (κ1) is 12.2. The molecule has 0 N–H and O–H groups in total. The van der Waals surface area contributed by atoms with Gasteiger partial charge in [0.15, 0.2) is 0 Å². The summed E-state index contributed by atoms with van der Waals surface area (Å²) in [6.07, 6.45) is 3.15. The first-order valence-electron chi connectivity index (χ1n) is 5.32. The Balaban J connectivity index is 2.05. The minimum atomic E-state index is -0.206.